The highest BCUT2D eigenvalue weighted by molar-refractivity contribution is 6.00. The molecule has 4 heteroatoms. The van der Waals surface area contributed by atoms with Gasteiger partial charge in [0.2, 0.25) is 0 Å². The normalized spacial score (nSPS) is 11.6. The van der Waals surface area contributed by atoms with Gasteiger partial charge >= 0.3 is 0 Å². The van der Waals surface area contributed by atoms with Crippen LogP contribution in [0.2, 0.25) is 0 Å². The van der Waals surface area contributed by atoms with Gasteiger partial charge in [-0.05, 0) is 24.6 Å². The number of rotatable bonds is 4. The first-order valence-corrected chi connectivity index (χ1v) is 6.28. The summed E-state index contributed by atoms with van der Waals surface area (Å²) < 4.78 is 15.6. The molecule has 1 aromatic heterocycles. The van der Waals surface area contributed by atoms with Crippen molar-refractivity contribution in [2.75, 3.05) is 0 Å². The minimum absolute atomic E-state index is 0.0360. The van der Waals surface area contributed by atoms with Crippen molar-refractivity contribution in [1.82, 2.24) is 9.55 Å². The van der Waals surface area contributed by atoms with Crippen molar-refractivity contribution in [2.45, 2.75) is 27.2 Å². The Hall–Kier alpha value is -1.97. The fourth-order valence-electron chi connectivity index (χ4n) is 1.81. The lowest BCUT2D eigenvalue weighted by molar-refractivity contribution is 0.0832. The molecule has 0 atom stereocenters. The van der Waals surface area contributed by atoms with E-state index >= 15 is 0 Å². The summed E-state index contributed by atoms with van der Waals surface area (Å²) in [5, 5.41) is 0. The Morgan fingerprint density at radius 2 is 2.16 bits per heavy atom. The largest absolute Gasteiger partial charge is 0.303 e. The number of Topliss-reactive ketones (excluding diaryl/α,β-unsaturated/α-hetero) is 1. The Balaban J connectivity index is 2.37. The fourth-order valence-corrected chi connectivity index (χ4v) is 1.81. The van der Waals surface area contributed by atoms with Crippen LogP contribution in [0.4, 0.5) is 4.39 Å². The Labute approximate surface area is 112 Å². The summed E-state index contributed by atoms with van der Waals surface area (Å²) in [7, 11) is 0. The quantitative estimate of drug-likeness (QED) is 0.787. The highest BCUT2D eigenvalue weighted by Crippen LogP contribution is 2.26. The smallest absolute Gasteiger partial charge is 0.168 e. The average molecular weight is 260 g/mol. The third-order valence-electron chi connectivity index (χ3n) is 3.49. The molecule has 0 aliphatic heterocycles. The molecule has 19 heavy (non-hydrogen) atoms. The monoisotopic (exact) mass is 260 g/mol. The van der Waals surface area contributed by atoms with E-state index in [1.165, 1.54) is 12.4 Å². The molecule has 0 saturated heterocycles. The predicted molar refractivity (Wildman–Crippen MR) is 71.9 cm³/mol. The van der Waals surface area contributed by atoms with E-state index in [1.54, 1.807) is 29.1 Å². The Morgan fingerprint density at radius 1 is 1.42 bits per heavy atom. The molecule has 0 aliphatic carbocycles. The maximum absolute atomic E-state index is 14.1. The number of hydrogen-bond acceptors (Lipinski definition) is 2. The summed E-state index contributed by atoms with van der Waals surface area (Å²) in [4.78, 5) is 16.1. The maximum Gasteiger partial charge on any atom is 0.168 e. The van der Waals surface area contributed by atoms with Gasteiger partial charge in [0.15, 0.2) is 5.78 Å². The number of hydrogen-bond donors (Lipinski definition) is 0. The van der Waals surface area contributed by atoms with E-state index in [0.717, 1.165) is 6.42 Å². The first-order valence-electron chi connectivity index (χ1n) is 6.28. The van der Waals surface area contributed by atoms with Gasteiger partial charge in [0, 0.05) is 23.4 Å². The van der Waals surface area contributed by atoms with Crippen LogP contribution in [-0.4, -0.2) is 15.3 Å². The molecular weight excluding hydrogens is 243 g/mol. The van der Waals surface area contributed by atoms with Crippen molar-refractivity contribution in [1.29, 1.82) is 0 Å². The van der Waals surface area contributed by atoms with Crippen molar-refractivity contribution < 1.29 is 9.18 Å². The molecule has 0 spiro atoms. The lowest BCUT2D eigenvalue weighted by Gasteiger charge is -2.21. The van der Waals surface area contributed by atoms with Gasteiger partial charge < -0.3 is 4.57 Å². The maximum atomic E-state index is 14.1. The summed E-state index contributed by atoms with van der Waals surface area (Å²) in [6.45, 7) is 5.70. The minimum Gasteiger partial charge on any atom is -0.303 e. The number of halogens is 1. The van der Waals surface area contributed by atoms with E-state index < -0.39 is 11.2 Å². The summed E-state index contributed by atoms with van der Waals surface area (Å²) in [5.74, 6) is -0.457. The van der Waals surface area contributed by atoms with Crippen LogP contribution >= 0.6 is 0 Å². The lowest BCUT2D eigenvalue weighted by atomic mass is 9.82. The number of carbonyl (C=O) groups is 1. The lowest BCUT2D eigenvalue weighted by Crippen LogP contribution is -2.23. The van der Waals surface area contributed by atoms with Gasteiger partial charge in [0.1, 0.15) is 5.82 Å². The highest BCUT2D eigenvalue weighted by Gasteiger charge is 2.27. The second-order valence-electron chi connectivity index (χ2n) is 5.20. The zero-order valence-electron chi connectivity index (χ0n) is 11.4. The number of benzene rings is 1. The van der Waals surface area contributed by atoms with Crippen LogP contribution in [0.3, 0.4) is 0 Å². The second-order valence-corrected chi connectivity index (χ2v) is 5.20. The zero-order valence-corrected chi connectivity index (χ0v) is 11.4. The molecule has 0 bridgehead atoms. The molecule has 1 aromatic carbocycles. The highest BCUT2D eigenvalue weighted by atomic mass is 19.1. The van der Waals surface area contributed by atoms with Crippen molar-refractivity contribution in [3.05, 3.63) is 48.3 Å². The number of imidazole rings is 1. The topological polar surface area (TPSA) is 34.9 Å². The van der Waals surface area contributed by atoms with Crippen molar-refractivity contribution in [2.24, 2.45) is 5.41 Å². The standard InChI is InChI=1S/C15H17FN2O/c1-4-15(2,3)14(19)11-5-6-13(12(16)9-11)18-8-7-17-10-18/h5-10H,4H2,1-3H3. The van der Waals surface area contributed by atoms with Gasteiger partial charge in [-0.3, -0.25) is 4.79 Å². The van der Waals surface area contributed by atoms with E-state index in [2.05, 4.69) is 4.98 Å². The van der Waals surface area contributed by atoms with Gasteiger partial charge in [0.25, 0.3) is 0 Å². The SMILES string of the molecule is CCC(C)(C)C(=O)c1ccc(-n2ccnc2)c(F)c1. The van der Waals surface area contributed by atoms with E-state index in [0.29, 0.717) is 11.3 Å². The number of nitrogens with zero attached hydrogens (tertiary/aromatic N) is 2. The Kier molecular flexibility index (Phi) is 3.51. The van der Waals surface area contributed by atoms with E-state index in [4.69, 9.17) is 0 Å². The molecule has 0 N–H and O–H groups in total. The van der Waals surface area contributed by atoms with Crippen molar-refractivity contribution in [3.8, 4) is 5.69 Å². The third kappa shape index (κ3) is 2.57. The number of carbonyl (C=O) groups excluding carboxylic acids is 1. The molecule has 2 aromatic rings. The van der Waals surface area contributed by atoms with Crippen LogP contribution in [-0.2, 0) is 0 Å². The first-order chi connectivity index (χ1) is 8.95. The van der Waals surface area contributed by atoms with Crippen LogP contribution < -0.4 is 0 Å². The van der Waals surface area contributed by atoms with Crippen LogP contribution in [0, 0.1) is 11.2 Å². The van der Waals surface area contributed by atoms with Crippen LogP contribution in [0.1, 0.15) is 37.6 Å². The molecule has 100 valence electrons. The summed E-state index contributed by atoms with van der Waals surface area (Å²) in [6.07, 6.45) is 5.49. The molecule has 0 unspecified atom stereocenters. The first kappa shape index (κ1) is 13.5. The average Bonchev–Trinajstić information content (AvgIpc) is 2.91. The number of aromatic nitrogens is 2. The molecule has 1 heterocycles. The Bertz CT molecular complexity index is 588. The van der Waals surface area contributed by atoms with Gasteiger partial charge in [-0.25, -0.2) is 9.37 Å². The van der Waals surface area contributed by atoms with Crippen molar-refractivity contribution in [3.63, 3.8) is 0 Å². The Morgan fingerprint density at radius 3 is 2.68 bits per heavy atom. The summed E-state index contributed by atoms with van der Waals surface area (Å²) >= 11 is 0. The van der Waals surface area contributed by atoms with Gasteiger partial charge in [-0.2, -0.15) is 0 Å². The zero-order chi connectivity index (χ0) is 14.0. The summed E-state index contributed by atoms with van der Waals surface area (Å²) in [5.41, 5.74) is 0.333. The third-order valence-corrected chi connectivity index (χ3v) is 3.49. The van der Waals surface area contributed by atoms with Gasteiger partial charge in [0.05, 0.1) is 12.0 Å². The molecule has 0 fully saturated rings. The fraction of sp³-hybridized carbons (Fsp3) is 0.333. The number of ketones is 1. The van der Waals surface area contributed by atoms with Crippen LogP contribution in [0.5, 0.6) is 0 Å². The van der Waals surface area contributed by atoms with E-state index in [-0.39, 0.29) is 5.78 Å². The summed E-state index contributed by atoms with van der Waals surface area (Å²) in [6, 6.07) is 4.57. The van der Waals surface area contributed by atoms with Crippen molar-refractivity contribution >= 4 is 5.78 Å². The predicted octanol–water partition coefficient (Wildman–Crippen LogP) is 3.63. The molecule has 3 nitrogen and oxygen atoms in total. The van der Waals surface area contributed by atoms with Gasteiger partial charge in [-0.15, -0.1) is 0 Å². The van der Waals surface area contributed by atoms with Crippen LogP contribution in [0.25, 0.3) is 5.69 Å². The molecule has 0 amide bonds. The van der Waals surface area contributed by atoms with Crippen LogP contribution in [0.15, 0.2) is 36.9 Å². The molecular formula is C15H17FN2O. The molecule has 0 radical (unpaired) electrons. The van der Waals surface area contributed by atoms with E-state index in [9.17, 15) is 9.18 Å². The second kappa shape index (κ2) is 4.96. The van der Waals surface area contributed by atoms with Gasteiger partial charge in [-0.1, -0.05) is 20.8 Å². The molecule has 0 aliphatic rings. The molecule has 0 saturated carbocycles. The minimum atomic E-state index is -0.469. The van der Waals surface area contributed by atoms with E-state index in [1.807, 2.05) is 20.8 Å². The molecule has 2 rings (SSSR count).